The number of carbonyl (C=O) groups is 2. The van der Waals surface area contributed by atoms with Gasteiger partial charge in [0, 0.05) is 5.69 Å². The Kier molecular flexibility index (Phi) is 5.89. The minimum absolute atomic E-state index is 0.0194. The van der Waals surface area contributed by atoms with Gasteiger partial charge in [0.2, 0.25) is 0 Å². The molecule has 0 radical (unpaired) electrons. The normalized spacial score (nSPS) is 11.0. The Bertz CT molecular complexity index is 1100. The number of rotatable bonds is 7. The fourth-order valence-electron chi connectivity index (χ4n) is 2.69. The van der Waals surface area contributed by atoms with E-state index in [0.717, 1.165) is 11.1 Å². The first kappa shape index (κ1) is 21.1. The molecule has 0 unspecified atom stereocenters. The van der Waals surface area contributed by atoms with Crippen molar-refractivity contribution in [3.63, 3.8) is 0 Å². The molecule has 1 heterocycles. The number of carboxylic acids is 1. The quantitative estimate of drug-likeness (QED) is 0.335. The molecule has 0 aliphatic rings. The van der Waals surface area contributed by atoms with Crippen LogP contribution in [0.1, 0.15) is 29.1 Å². The number of nitrogen functional groups attached to an aromatic ring is 1. The van der Waals surface area contributed by atoms with E-state index in [0.29, 0.717) is 16.3 Å². The van der Waals surface area contributed by atoms with Crippen molar-refractivity contribution in [2.24, 2.45) is 5.73 Å². The summed E-state index contributed by atoms with van der Waals surface area (Å²) in [5.41, 5.74) is 6.88. The molecular weight excluding hydrogens is 402 g/mol. The third-order valence-corrected chi connectivity index (χ3v) is 5.30. The molecule has 8 heteroatoms. The number of amidine groups is 1. The van der Waals surface area contributed by atoms with Gasteiger partial charge in [-0.2, -0.15) is 0 Å². The third-order valence-electron chi connectivity index (χ3n) is 4.34. The molecule has 154 valence electrons. The van der Waals surface area contributed by atoms with Crippen molar-refractivity contribution in [3.8, 4) is 16.9 Å². The molecule has 0 bridgehead atoms. The lowest BCUT2D eigenvalue weighted by Crippen LogP contribution is -2.42. The van der Waals surface area contributed by atoms with Crippen LogP contribution in [0.2, 0.25) is 0 Å². The molecule has 0 fully saturated rings. The third kappa shape index (κ3) is 4.84. The minimum atomic E-state index is -1.19. The second kappa shape index (κ2) is 8.38. The van der Waals surface area contributed by atoms with Gasteiger partial charge in [0.25, 0.3) is 5.91 Å². The number of ether oxygens (including phenoxy) is 1. The number of hydrogen-bond acceptors (Lipinski definition) is 5. The van der Waals surface area contributed by atoms with Crippen LogP contribution in [0, 0.1) is 5.41 Å². The van der Waals surface area contributed by atoms with E-state index in [4.69, 9.17) is 21.0 Å². The van der Waals surface area contributed by atoms with Gasteiger partial charge in [-0.1, -0.05) is 12.1 Å². The van der Waals surface area contributed by atoms with E-state index in [-0.39, 0.29) is 17.3 Å². The average Bonchev–Trinajstić information content (AvgIpc) is 3.19. The Morgan fingerprint density at radius 1 is 1.10 bits per heavy atom. The highest BCUT2D eigenvalue weighted by Gasteiger charge is 2.30. The molecule has 0 saturated carbocycles. The van der Waals surface area contributed by atoms with E-state index in [2.05, 4.69) is 5.32 Å². The van der Waals surface area contributed by atoms with E-state index in [1.54, 1.807) is 19.9 Å². The van der Waals surface area contributed by atoms with Gasteiger partial charge in [-0.25, -0.2) is 4.79 Å². The van der Waals surface area contributed by atoms with Crippen molar-refractivity contribution in [1.82, 2.24) is 0 Å². The molecule has 0 atom stereocenters. The van der Waals surface area contributed by atoms with Crippen LogP contribution in [0.3, 0.4) is 0 Å². The zero-order valence-electron chi connectivity index (χ0n) is 16.4. The Balaban J connectivity index is 1.72. The summed E-state index contributed by atoms with van der Waals surface area (Å²) in [6.07, 6.45) is 0. The van der Waals surface area contributed by atoms with Crippen LogP contribution < -0.4 is 15.8 Å². The van der Waals surface area contributed by atoms with Crippen LogP contribution in [0.4, 0.5) is 5.69 Å². The van der Waals surface area contributed by atoms with E-state index >= 15 is 0 Å². The first-order valence-corrected chi connectivity index (χ1v) is 9.91. The van der Waals surface area contributed by atoms with Crippen LogP contribution in [-0.2, 0) is 4.79 Å². The summed E-state index contributed by atoms with van der Waals surface area (Å²) in [5.74, 6) is -0.967. The maximum atomic E-state index is 12.8. The summed E-state index contributed by atoms with van der Waals surface area (Å²) in [4.78, 5) is 24.4. The minimum Gasteiger partial charge on any atom is -0.478 e. The zero-order chi connectivity index (χ0) is 21.9. The summed E-state index contributed by atoms with van der Waals surface area (Å²) < 4.78 is 5.77. The standard InChI is InChI=1S/C22H21N3O4S/c1-22(2,29-17-8-6-13(7-9-17)20(26)27)21(28)25-16-5-3-4-14(10-16)15-11-18(19(23)24)30-12-15/h3-12H,1-2H3,(H3,23,24)(H,25,28)(H,26,27). The van der Waals surface area contributed by atoms with Crippen LogP contribution in [0.25, 0.3) is 11.1 Å². The number of nitrogens with one attached hydrogen (secondary N) is 2. The molecule has 0 aliphatic heterocycles. The van der Waals surface area contributed by atoms with Gasteiger partial charge >= 0.3 is 5.97 Å². The molecular formula is C22H21N3O4S. The SMILES string of the molecule is CC(C)(Oc1ccc(C(=O)O)cc1)C(=O)Nc1cccc(-c2csc(C(=N)N)c2)c1. The van der Waals surface area contributed by atoms with Crippen molar-refractivity contribution in [2.75, 3.05) is 5.32 Å². The van der Waals surface area contributed by atoms with Crippen molar-refractivity contribution in [3.05, 3.63) is 70.4 Å². The number of anilines is 1. The lowest BCUT2D eigenvalue weighted by atomic mass is 10.1. The van der Waals surface area contributed by atoms with Gasteiger partial charge < -0.3 is 20.9 Å². The molecule has 0 aliphatic carbocycles. The molecule has 2 aromatic carbocycles. The lowest BCUT2D eigenvalue weighted by molar-refractivity contribution is -0.128. The van der Waals surface area contributed by atoms with Crippen LogP contribution in [-0.4, -0.2) is 28.4 Å². The van der Waals surface area contributed by atoms with Crippen LogP contribution >= 0.6 is 11.3 Å². The monoisotopic (exact) mass is 423 g/mol. The smallest absolute Gasteiger partial charge is 0.335 e. The number of benzene rings is 2. The molecule has 0 saturated heterocycles. The predicted octanol–water partition coefficient (Wildman–Crippen LogP) is 4.19. The Morgan fingerprint density at radius 3 is 2.40 bits per heavy atom. The number of hydrogen-bond donors (Lipinski definition) is 4. The summed E-state index contributed by atoms with van der Waals surface area (Å²) in [6.45, 7) is 3.27. The van der Waals surface area contributed by atoms with Gasteiger partial charge in [0.05, 0.1) is 10.4 Å². The highest BCUT2D eigenvalue weighted by molar-refractivity contribution is 7.12. The van der Waals surface area contributed by atoms with Gasteiger partial charge in [-0.3, -0.25) is 10.2 Å². The van der Waals surface area contributed by atoms with Crippen LogP contribution in [0.15, 0.2) is 60.0 Å². The summed E-state index contributed by atoms with van der Waals surface area (Å²) in [6, 6.07) is 15.1. The molecule has 7 nitrogen and oxygen atoms in total. The molecule has 5 N–H and O–H groups in total. The fraction of sp³-hybridized carbons (Fsp3) is 0.136. The van der Waals surface area contributed by atoms with Gasteiger partial charge in [-0.15, -0.1) is 11.3 Å². The first-order chi connectivity index (χ1) is 14.2. The number of carbonyl (C=O) groups excluding carboxylic acids is 1. The van der Waals surface area contributed by atoms with E-state index in [1.165, 1.54) is 35.6 Å². The molecule has 3 rings (SSSR count). The van der Waals surface area contributed by atoms with Crippen molar-refractivity contribution in [1.29, 1.82) is 5.41 Å². The van der Waals surface area contributed by atoms with Crippen molar-refractivity contribution >= 4 is 34.7 Å². The molecule has 1 amide bonds. The molecule has 30 heavy (non-hydrogen) atoms. The van der Waals surface area contributed by atoms with Gasteiger partial charge in [0.1, 0.15) is 11.6 Å². The summed E-state index contributed by atoms with van der Waals surface area (Å²) in [7, 11) is 0. The number of thiophene rings is 1. The van der Waals surface area contributed by atoms with Crippen LogP contribution in [0.5, 0.6) is 5.75 Å². The fourth-order valence-corrected chi connectivity index (χ4v) is 3.47. The second-order valence-corrected chi connectivity index (χ2v) is 8.00. The Labute approximate surface area is 177 Å². The molecule has 1 aromatic heterocycles. The average molecular weight is 423 g/mol. The van der Waals surface area contributed by atoms with E-state index in [1.807, 2.05) is 29.6 Å². The highest BCUT2D eigenvalue weighted by atomic mass is 32.1. The number of aromatic carboxylic acids is 1. The summed E-state index contributed by atoms with van der Waals surface area (Å²) >= 11 is 1.39. The zero-order valence-corrected chi connectivity index (χ0v) is 17.2. The predicted molar refractivity (Wildman–Crippen MR) is 118 cm³/mol. The topological polar surface area (TPSA) is 125 Å². The highest BCUT2D eigenvalue weighted by Crippen LogP contribution is 2.28. The first-order valence-electron chi connectivity index (χ1n) is 9.03. The number of carboxylic acid groups (broad SMARTS) is 1. The van der Waals surface area contributed by atoms with E-state index < -0.39 is 11.6 Å². The largest absolute Gasteiger partial charge is 0.478 e. The number of nitrogens with two attached hydrogens (primary N) is 1. The maximum Gasteiger partial charge on any atom is 0.335 e. The maximum absolute atomic E-state index is 12.8. The van der Waals surface area contributed by atoms with E-state index in [9.17, 15) is 9.59 Å². The van der Waals surface area contributed by atoms with Crippen molar-refractivity contribution < 1.29 is 19.4 Å². The lowest BCUT2D eigenvalue weighted by Gasteiger charge is -2.25. The van der Waals surface area contributed by atoms with Crippen molar-refractivity contribution in [2.45, 2.75) is 19.4 Å². The Hall–Kier alpha value is -3.65. The number of amides is 1. The van der Waals surface area contributed by atoms with Gasteiger partial charge in [0.15, 0.2) is 5.60 Å². The van der Waals surface area contributed by atoms with Gasteiger partial charge in [-0.05, 0) is 72.8 Å². The Morgan fingerprint density at radius 2 is 1.80 bits per heavy atom. The molecule has 3 aromatic rings. The summed E-state index contributed by atoms with van der Waals surface area (Å²) in [5, 5.41) is 21.3. The second-order valence-electron chi connectivity index (χ2n) is 7.09. The molecule has 0 spiro atoms.